The maximum Gasteiger partial charge on any atom is 0.425 e. The lowest BCUT2D eigenvalue weighted by Crippen LogP contribution is -2.10. The van der Waals surface area contributed by atoms with Gasteiger partial charge in [0.25, 0.3) is 10.1 Å². The van der Waals surface area contributed by atoms with Crippen molar-refractivity contribution >= 4 is 40.4 Å². The number of rotatable bonds is 6. The molecule has 6 rings (SSSR count). The molecule has 0 amide bonds. The fourth-order valence-electron chi connectivity index (χ4n) is 4.61. The van der Waals surface area contributed by atoms with Crippen LogP contribution in [0.15, 0.2) is 115 Å². The molecular formula is C36H16F14O10S4. The quantitative estimate of drug-likeness (QED) is 0.0560. The van der Waals surface area contributed by atoms with Crippen molar-refractivity contribution in [3.05, 3.63) is 172 Å². The van der Waals surface area contributed by atoms with Crippen LogP contribution in [0.3, 0.4) is 0 Å². The van der Waals surface area contributed by atoms with Crippen LogP contribution in [0.2, 0.25) is 0 Å². The molecule has 0 fully saturated rings. The zero-order chi connectivity index (χ0) is 48.8. The van der Waals surface area contributed by atoms with E-state index >= 15 is 0 Å². The van der Waals surface area contributed by atoms with Crippen molar-refractivity contribution in [3.8, 4) is 11.1 Å². The molecule has 0 aliphatic carbocycles. The van der Waals surface area contributed by atoms with Gasteiger partial charge in [0.05, 0.1) is 30.7 Å². The Hall–Kier alpha value is -6.23. The molecule has 28 heteroatoms. The summed E-state index contributed by atoms with van der Waals surface area (Å²) in [5, 5.41) is 0. The van der Waals surface area contributed by atoms with Crippen LogP contribution < -0.4 is 0 Å². The fourth-order valence-corrected chi connectivity index (χ4v) is 7.82. The summed E-state index contributed by atoms with van der Waals surface area (Å²) in [6, 6.07) is 14.7. The van der Waals surface area contributed by atoms with Gasteiger partial charge in [-0.3, -0.25) is 4.55 Å². The summed E-state index contributed by atoms with van der Waals surface area (Å²) in [4.78, 5) is -2.03. The van der Waals surface area contributed by atoms with Crippen molar-refractivity contribution in [3.63, 3.8) is 0 Å². The van der Waals surface area contributed by atoms with Gasteiger partial charge in [-0.15, -0.1) is 12.6 Å². The molecule has 64 heavy (non-hydrogen) atoms. The summed E-state index contributed by atoms with van der Waals surface area (Å²) >= 11 is 0. The van der Waals surface area contributed by atoms with E-state index in [4.69, 9.17) is 17.2 Å². The molecule has 342 valence electrons. The summed E-state index contributed by atoms with van der Waals surface area (Å²) in [7, 11) is -15.9. The first-order valence-electron chi connectivity index (χ1n) is 15.8. The van der Waals surface area contributed by atoms with E-state index in [0.29, 0.717) is 12.1 Å². The van der Waals surface area contributed by atoms with Crippen LogP contribution in [-0.2, 0) is 40.4 Å². The summed E-state index contributed by atoms with van der Waals surface area (Å²) in [6.45, 7) is 0. The lowest BCUT2D eigenvalue weighted by Gasteiger charge is -2.11. The van der Waals surface area contributed by atoms with E-state index < -0.39 is 143 Å². The summed E-state index contributed by atoms with van der Waals surface area (Å²) in [5.74, 6) is -29.6. The highest BCUT2D eigenvalue weighted by atomic mass is 32.2. The molecule has 0 radical (unpaired) electrons. The third-order valence-corrected chi connectivity index (χ3v) is 12.0. The van der Waals surface area contributed by atoms with E-state index in [1.807, 2.05) is 0 Å². The number of hydrogen-bond acceptors (Lipinski definition) is 9. The summed E-state index contributed by atoms with van der Waals surface area (Å²) in [6.07, 6.45) is 0. The van der Waals surface area contributed by atoms with E-state index in [1.165, 1.54) is 24.3 Å². The van der Waals surface area contributed by atoms with Gasteiger partial charge in [-0.1, -0.05) is 0 Å². The van der Waals surface area contributed by atoms with Crippen molar-refractivity contribution in [2.75, 3.05) is 0 Å². The van der Waals surface area contributed by atoms with Gasteiger partial charge in [-0.2, -0.15) is 8.42 Å². The first-order chi connectivity index (χ1) is 29.5. The standard InChI is InChI=1S/C12F10.C12H8F2O5S2.C12H8F2O2S.O3S/c13-3-1(4(14)8(18)11(21)7(3)17)2-5(15)9(19)12(22)10(20)6(2)16;13-8-1-3-9(4-2-8)20(15,16)10-5-6-11(14)12(7-10)21(17,18)19;13-9-1-5-11(6-2-9)17(15,16)12-7-3-10(14)4-8-12;1-4(2)3/h;1-7H,(H,17,18,19);1-8H;. The monoisotopic (exact) mass is 1000 g/mol. The average molecular weight is 1000 g/mol. The molecule has 0 aromatic heterocycles. The highest BCUT2D eigenvalue weighted by molar-refractivity contribution is 7.92. The number of hydrogen-bond donors (Lipinski definition) is 1. The zero-order valence-electron chi connectivity index (χ0n) is 30.2. The van der Waals surface area contributed by atoms with Crippen LogP contribution in [0.5, 0.6) is 0 Å². The smallest absolute Gasteiger partial charge is 0.282 e. The van der Waals surface area contributed by atoms with Crippen molar-refractivity contribution in [1.29, 1.82) is 0 Å². The second-order valence-electron chi connectivity index (χ2n) is 11.5. The van der Waals surface area contributed by atoms with Crippen LogP contribution >= 0.6 is 0 Å². The average Bonchev–Trinajstić information content (AvgIpc) is 3.22. The molecule has 0 saturated carbocycles. The first-order valence-corrected chi connectivity index (χ1v) is 21.2. The van der Waals surface area contributed by atoms with Crippen molar-refractivity contribution in [1.82, 2.24) is 0 Å². The van der Waals surface area contributed by atoms with Crippen molar-refractivity contribution in [2.45, 2.75) is 24.5 Å². The lowest BCUT2D eigenvalue weighted by molar-refractivity contribution is 0.370. The molecule has 0 unspecified atom stereocenters. The Morgan fingerprint density at radius 3 is 0.812 bits per heavy atom. The van der Waals surface area contributed by atoms with E-state index in [-0.39, 0.29) is 14.7 Å². The van der Waals surface area contributed by atoms with Crippen LogP contribution in [0.4, 0.5) is 61.5 Å². The second kappa shape index (κ2) is 20.5. The molecule has 0 aliphatic heterocycles. The van der Waals surface area contributed by atoms with Gasteiger partial charge in [0.15, 0.2) is 46.5 Å². The van der Waals surface area contributed by atoms with Crippen molar-refractivity contribution in [2.24, 2.45) is 0 Å². The molecule has 0 heterocycles. The Kier molecular flexibility index (Phi) is 16.7. The van der Waals surface area contributed by atoms with Gasteiger partial charge in [-0.05, 0) is 91.0 Å². The SMILES string of the molecule is Fc1c(F)c(F)c(-c2c(F)c(F)c(F)c(F)c2F)c(F)c1F.O=S(=O)(O)c1cc(S(=O)(=O)c2ccc(F)cc2)ccc1F.O=S(=O)(c1ccc(F)cc1)c1ccc(F)cc1.O=S(=O)=O. The highest BCUT2D eigenvalue weighted by Crippen LogP contribution is 2.37. The van der Waals surface area contributed by atoms with E-state index in [1.54, 1.807) is 0 Å². The molecule has 6 aromatic carbocycles. The Balaban J connectivity index is 0.000000246. The Morgan fingerprint density at radius 1 is 0.344 bits per heavy atom. The van der Waals surface area contributed by atoms with Crippen molar-refractivity contribution < 1.29 is 104 Å². The normalized spacial score (nSPS) is 11.3. The molecule has 6 aromatic rings. The molecular weight excluding hydrogens is 987 g/mol. The molecule has 0 atom stereocenters. The Bertz CT molecular complexity index is 3010. The molecule has 0 aliphatic rings. The number of benzene rings is 6. The van der Waals surface area contributed by atoms with E-state index in [9.17, 15) is 86.7 Å². The Labute approximate surface area is 351 Å². The summed E-state index contributed by atoms with van der Waals surface area (Å²) < 4.78 is 287. The van der Waals surface area contributed by atoms with Gasteiger partial charge in [0, 0.05) is 0 Å². The van der Waals surface area contributed by atoms with Crippen LogP contribution in [0.25, 0.3) is 11.1 Å². The number of sulfone groups is 2. The molecule has 0 saturated heterocycles. The largest absolute Gasteiger partial charge is 0.425 e. The summed E-state index contributed by atoms with van der Waals surface area (Å²) in [5.41, 5.74) is -4.52. The minimum absolute atomic E-state index is 0.0227. The minimum Gasteiger partial charge on any atom is -0.282 e. The van der Waals surface area contributed by atoms with Gasteiger partial charge in [0.1, 0.15) is 28.2 Å². The van der Waals surface area contributed by atoms with Gasteiger partial charge < -0.3 is 0 Å². The molecule has 0 spiro atoms. The fraction of sp³-hybridized carbons (Fsp3) is 0. The van der Waals surface area contributed by atoms with Gasteiger partial charge >= 0.3 is 10.6 Å². The predicted octanol–water partition coefficient (Wildman–Crippen LogP) is 8.58. The highest BCUT2D eigenvalue weighted by Gasteiger charge is 2.34. The predicted molar refractivity (Wildman–Crippen MR) is 187 cm³/mol. The van der Waals surface area contributed by atoms with Crippen LogP contribution in [0.1, 0.15) is 0 Å². The maximum atomic E-state index is 13.4. The molecule has 1 N–H and O–H groups in total. The van der Waals surface area contributed by atoms with E-state index in [2.05, 4.69) is 0 Å². The lowest BCUT2D eigenvalue weighted by atomic mass is 10.0. The first kappa shape index (κ1) is 52.1. The van der Waals surface area contributed by atoms with Gasteiger partial charge in [0.2, 0.25) is 31.3 Å². The minimum atomic E-state index is -4.90. The maximum absolute atomic E-state index is 13.4. The van der Waals surface area contributed by atoms with Crippen LogP contribution in [0, 0.1) is 81.4 Å². The third kappa shape index (κ3) is 11.9. The van der Waals surface area contributed by atoms with E-state index in [0.717, 1.165) is 54.6 Å². The zero-order valence-corrected chi connectivity index (χ0v) is 33.5. The topological polar surface area (TPSA) is 174 Å². The van der Waals surface area contributed by atoms with Crippen LogP contribution in [-0.4, -0.2) is 42.4 Å². The second-order valence-corrected chi connectivity index (χ2v) is 17.2. The third-order valence-electron chi connectivity index (χ3n) is 7.53. The molecule has 10 nitrogen and oxygen atoms in total. The number of halogens is 14. The molecule has 0 bridgehead atoms. The van der Waals surface area contributed by atoms with Gasteiger partial charge in [-0.25, -0.2) is 78.3 Å². The Morgan fingerprint density at radius 2 is 0.562 bits per heavy atom.